The molecule has 4 nitrogen and oxygen atoms in total. The van der Waals surface area contributed by atoms with Crippen LogP contribution in [0.25, 0.3) is 0 Å². The Labute approximate surface area is 91.1 Å². The molecule has 2 N–H and O–H groups in total. The molecule has 0 aromatic carbocycles. The molecule has 0 spiro atoms. The van der Waals surface area contributed by atoms with E-state index in [1.807, 2.05) is 19.3 Å². The van der Waals surface area contributed by atoms with Gasteiger partial charge in [0.25, 0.3) is 0 Å². The average Bonchev–Trinajstić information content (AvgIpc) is 2.61. The first-order valence-electron chi connectivity index (χ1n) is 5.71. The van der Waals surface area contributed by atoms with Crippen molar-refractivity contribution in [2.75, 3.05) is 19.6 Å². The molecule has 2 heterocycles. The van der Waals surface area contributed by atoms with Crippen molar-refractivity contribution >= 4 is 0 Å². The number of imidazole rings is 1. The highest BCUT2D eigenvalue weighted by Crippen LogP contribution is 2.08. The second-order valence-electron chi connectivity index (χ2n) is 4.37. The van der Waals surface area contributed by atoms with Gasteiger partial charge in [-0.3, -0.25) is 0 Å². The zero-order valence-corrected chi connectivity index (χ0v) is 9.39. The smallest absolute Gasteiger partial charge is 0.105 e. The van der Waals surface area contributed by atoms with Crippen LogP contribution in [0.2, 0.25) is 0 Å². The van der Waals surface area contributed by atoms with Crippen molar-refractivity contribution in [2.24, 2.45) is 5.73 Å². The number of likely N-dealkylation sites (tertiary alicyclic amines) is 1. The van der Waals surface area contributed by atoms with Crippen LogP contribution in [-0.2, 0) is 6.54 Å². The molecule has 0 aliphatic carbocycles. The Morgan fingerprint density at radius 3 is 3.07 bits per heavy atom. The van der Waals surface area contributed by atoms with Gasteiger partial charge in [-0.25, -0.2) is 4.98 Å². The minimum Gasteiger partial charge on any atom is -0.334 e. The summed E-state index contributed by atoms with van der Waals surface area (Å²) in [6.45, 7) is 6.40. The topological polar surface area (TPSA) is 47.1 Å². The Balaban J connectivity index is 1.80. The van der Waals surface area contributed by atoms with Crippen molar-refractivity contribution in [1.82, 2.24) is 14.5 Å². The van der Waals surface area contributed by atoms with Gasteiger partial charge in [-0.1, -0.05) is 0 Å². The number of piperidine rings is 1. The van der Waals surface area contributed by atoms with Crippen molar-refractivity contribution in [3.05, 3.63) is 18.2 Å². The molecule has 0 saturated carbocycles. The van der Waals surface area contributed by atoms with Gasteiger partial charge >= 0.3 is 0 Å². The lowest BCUT2D eigenvalue weighted by molar-refractivity contribution is 0.202. The first-order chi connectivity index (χ1) is 7.25. The van der Waals surface area contributed by atoms with Crippen LogP contribution in [0.5, 0.6) is 0 Å². The lowest BCUT2D eigenvalue weighted by Gasteiger charge is -2.30. The van der Waals surface area contributed by atoms with Gasteiger partial charge in [0.15, 0.2) is 0 Å². The predicted molar refractivity (Wildman–Crippen MR) is 60.6 cm³/mol. The molecule has 1 saturated heterocycles. The van der Waals surface area contributed by atoms with Crippen LogP contribution in [0.1, 0.15) is 18.7 Å². The second kappa shape index (κ2) is 4.77. The first kappa shape index (κ1) is 10.6. The Bertz CT molecular complexity index is 307. The maximum absolute atomic E-state index is 5.94. The van der Waals surface area contributed by atoms with Gasteiger partial charge in [0.2, 0.25) is 0 Å². The Morgan fingerprint density at radius 1 is 1.53 bits per heavy atom. The molecule has 1 aromatic heterocycles. The summed E-state index contributed by atoms with van der Waals surface area (Å²) in [6.07, 6.45) is 6.32. The molecule has 1 unspecified atom stereocenters. The van der Waals surface area contributed by atoms with Crippen molar-refractivity contribution in [3.63, 3.8) is 0 Å². The van der Waals surface area contributed by atoms with Crippen molar-refractivity contribution in [1.29, 1.82) is 0 Å². The highest BCUT2D eigenvalue weighted by atomic mass is 15.2. The largest absolute Gasteiger partial charge is 0.334 e. The van der Waals surface area contributed by atoms with Gasteiger partial charge in [-0.05, 0) is 26.3 Å². The number of nitrogens with two attached hydrogens (primary N) is 1. The molecular formula is C11H20N4. The van der Waals surface area contributed by atoms with Gasteiger partial charge in [-0.15, -0.1) is 0 Å². The third-order valence-corrected chi connectivity index (χ3v) is 3.12. The van der Waals surface area contributed by atoms with Gasteiger partial charge in [0, 0.05) is 38.1 Å². The summed E-state index contributed by atoms with van der Waals surface area (Å²) < 4.78 is 2.19. The lowest BCUT2D eigenvalue weighted by Crippen LogP contribution is -2.43. The van der Waals surface area contributed by atoms with Crippen LogP contribution < -0.4 is 5.73 Å². The molecule has 1 fully saturated rings. The third-order valence-electron chi connectivity index (χ3n) is 3.12. The highest BCUT2D eigenvalue weighted by molar-refractivity contribution is 4.88. The summed E-state index contributed by atoms with van der Waals surface area (Å²) in [5.41, 5.74) is 5.94. The molecule has 0 radical (unpaired) electrons. The van der Waals surface area contributed by atoms with Crippen LogP contribution in [0, 0.1) is 6.92 Å². The summed E-state index contributed by atoms with van der Waals surface area (Å²) in [5, 5.41) is 0. The van der Waals surface area contributed by atoms with E-state index in [0.29, 0.717) is 6.04 Å². The number of rotatable bonds is 3. The molecule has 2 rings (SSSR count). The fourth-order valence-electron chi connectivity index (χ4n) is 2.18. The molecule has 15 heavy (non-hydrogen) atoms. The number of hydrogen-bond donors (Lipinski definition) is 1. The Kier molecular flexibility index (Phi) is 3.38. The minimum atomic E-state index is 0.377. The van der Waals surface area contributed by atoms with E-state index in [4.69, 9.17) is 5.73 Å². The van der Waals surface area contributed by atoms with E-state index in [-0.39, 0.29) is 0 Å². The van der Waals surface area contributed by atoms with Crippen LogP contribution in [0.3, 0.4) is 0 Å². The summed E-state index contributed by atoms with van der Waals surface area (Å²) >= 11 is 0. The first-order valence-corrected chi connectivity index (χ1v) is 5.71. The number of hydrogen-bond acceptors (Lipinski definition) is 3. The van der Waals surface area contributed by atoms with Gasteiger partial charge < -0.3 is 15.2 Å². The SMILES string of the molecule is Cc1nccn1CCN1CCCC(N)C1. The standard InChI is InChI=1S/C11H20N4/c1-10-13-4-6-15(10)8-7-14-5-2-3-11(12)9-14/h4,6,11H,2-3,5,7-9,12H2,1H3. The molecule has 1 aliphatic rings. The second-order valence-corrected chi connectivity index (χ2v) is 4.37. The van der Waals surface area contributed by atoms with E-state index < -0.39 is 0 Å². The minimum absolute atomic E-state index is 0.377. The Morgan fingerprint density at radius 2 is 2.40 bits per heavy atom. The zero-order chi connectivity index (χ0) is 10.7. The molecule has 0 bridgehead atoms. The zero-order valence-electron chi connectivity index (χ0n) is 9.39. The normalized spacial score (nSPS) is 23.2. The summed E-state index contributed by atoms with van der Waals surface area (Å²) in [7, 11) is 0. The summed E-state index contributed by atoms with van der Waals surface area (Å²) in [5.74, 6) is 1.09. The highest BCUT2D eigenvalue weighted by Gasteiger charge is 2.15. The van der Waals surface area contributed by atoms with Crippen LogP contribution in [0.15, 0.2) is 12.4 Å². The molecule has 1 aromatic rings. The molecule has 1 aliphatic heterocycles. The van der Waals surface area contributed by atoms with E-state index in [1.165, 1.54) is 19.4 Å². The van der Waals surface area contributed by atoms with E-state index >= 15 is 0 Å². The number of aryl methyl sites for hydroxylation is 1. The number of aromatic nitrogens is 2. The van der Waals surface area contributed by atoms with Gasteiger partial charge in [0.1, 0.15) is 5.82 Å². The van der Waals surface area contributed by atoms with Crippen molar-refractivity contribution in [3.8, 4) is 0 Å². The predicted octanol–water partition coefficient (Wildman–Crippen LogP) is 0.615. The van der Waals surface area contributed by atoms with Crippen molar-refractivity contribution in [2.45, 2.75) is 32.4 Å². The molecule has 1 atom stereocenters. The van der Waals surface area contributed by atoms with E-state index in [9.17, 15) is 0 Å². The Hall–Kier alpha value is -0.870. The van der Waals surface area contributed by atoms with Gasteiger partial charge in [-0.2, -0.15) is 0 Å². The van der Waals surface area contributed by atoms with E-state index in [2.05, 4.69) is 14.5 Å². The quantitative estimate of drug-likeness (QED) is 0.792. The monoisotopic (exact) mass is 208 g/mol. The molecule has 0 amide bonds. The van der Waals surface area contributed by atoms with Crippen LogP contribution in [0.4, 0.5) is 0 Å². The van der Waals surface area contributed by atoms with E-state index in [1.54, 1.807) is 0 Å². The van der Waals surface area contributed by atoms with Crippen LogP contribution >= 0.6 is 0 Å². The fourth-order valence-corrected chi connectivity index (χ4v) is 2.18. The molecule has 84 valence electrons. The van der Waals surface area contributed by atoms with E-state index in [0.717, 1.165) is 25.5 Å². The number of nitrogens with zero attached hydrogens (tertiary/aromatic N) is 3. The maximum atomic E-state index is 5.94. The van der Waals surface area contributed by atoms with Crippen molar-refractivity contribution < 1.29 is 0 Å². The maximum Gasteiger partial charge on any atom is 0.105 e. The molecular weight excluding hydrogens is 188 g/mol. The average molecular weight is 208 g/mol. The fraction of sp³-hybridized carbons (Fsp3) is 0.727. The van der Waals surface area contributed by atoms with Gasteiger partial charge in [0.05, 0.1) is 0 Å². The summed E-state index contributed by atoms with van der Waals surface area (Å²) in [6, 6.07) is 0.377. The molecule has 4 heteroatoms. The lowest BCUT2D eigenvalue weighted by atomic mass is 10.1. The summed E-state index contributed by atoms with van der Waals surface area (Å²) in [4.78, 5) is 6.67. The van der Waals surface area contributed by atoms with Crippen LogP contribution in [-0.4, -0.2) is 40.1 Å². The third kappa shape index (κ3) is 2.79.